The molecule has 1 heterocycles. The summed E-state index contributed by atoms with van der Waals surface area (Å²) in [7, 11) is 0. The predicted molar refractivity (Wildman–Crippen MR) is 117 cm³/mol. The van der Waals surface area contributed by atoms with Gasteiger partial charge in [-0.25, -0.2) is 9.78 Å². The first kappa shape index (κ1) is 25.5. The Morgan fingerprint density at radius 1 is 1.00 bits per heavy atom. The van der Waals surface area contributed by atoms with E-state index in [0.29, 0.717) is 5.69 Å². The predicted octanol–water partition coefficient (Wildman–Crippen LogP) is -1.93. The molecular weight excluding hydrogens is 432 g/mol. The van der Waals surface area contributed by atoms with Gasteiger partial charge < -0.3 is 36.9 Å². The minimum Gasteiger partial charge on any atom is -0.480 e. The number of hydrogen-bond acceptors (Lipinski definition) is 7. The van der Waals surface area contributed by atoms with Crippen molar-refractivity contribution in [3.8, 4) is 0 Å². The third-order valence-corrected chi connectivity index (χ3v) is 4.79. The van der Waals surface area contributed by atoms with Gasteiger partial charge >= 0.3 is 5.97 Å². The number of nitrogens with zero attached hydrogens (tertiary/aromatic N) is 1. The first-order valence-corrected chi connectivity index (χ1v) is 10.2. The number of aromatic nitrogens is 2. The van der Waals surface area contributed by atoms with Crippen molar-refractivity contribution in [1.82, 2.24) is 25.9 Å². The average Bonchev–Trinajstić information content (AvgIpc) is 3.31. The third kappa shape index (κ3) is 8.01. The third-order valence-electron chi connectivity index (χ3n) is 4.79. The summed E-state index contributed by atoms with van der Waals surface area (Å²) >= 11 is 0. The monoisotopic (exact) mass is 460 g/mol. The smallest absolute Gasteiger partial charge is 0.326 e. The number of nitrogens with two attached hydrogens (primary N) is 1. The van der Waals surface area contributed by atoms with Crippen molar-refractivity contribution in [2.45, 2.75) is 43.9 Å². The number of aliphatic hydroxyl groups excluding tert-OH is 1. The highest BCUT2D eigenvalue weighted by Gasteiger charge is 2.28. The highest BCUT2D eigenvalue weighted by molar-refractivity contribution is 5.94. The molecule has 0 aliphatic carbocycles. The van der Waals surface area contributed by atoms with E-state index in [2.05, 4.69) is 25.9 Å². The number of amides is 3. The zero-order chi connectivity index (χ0) is 24.4. The molecule has 4 unspecified atom stereocenters. The molecule has 0 saturated heterocycles. The molecule has 12 heteroatoms. The number of aliphatic carboxylic acids is 1. The molecule has 0 bridgehead atoms. The minimum atomic E-state index is -1.22. The lowest BCUT2D eigenvalue weighted by atomic mass is 10.1. The van der Waals surface area contributed by atoms with Crippen LogP contribution in [0.1, 0.15) is 18.2 Å². The average molecular weight is 460 g/mol. The second-order valence-corrected chi connectivity index (χ2v) is 7.45. The summed E-state index contributed by atoms with van der Waals surface area (Å²) in [4.78, 5) is 55.7. The van der Waals surface area contributed by atoms with Gasteiger partial charge in [-0.2, -0.15) is 0 Å². The maximum absolute atomic E-state index is 12.8. The summed E-state index contributed by atoms with van der Waals surface area (Å²) in [5.41, 5.74) is 6.77. The van der Waals surface area contributed by atoms with Gasteiger partial charge in [0.05, 0.1) is 12.9 Å². The summed E-state index contributed by atoms with van der Waals surface area (Å²) in [5.74, 6) is -3.36. The van der Waals surface area contributed by atoms with Gasteiger partial charge in [0.1, 0.15) is 24.2 Å². The zero-order valence-electron chi connectivity index (χ0n) is 18.0. The molecule has 3 amide bonds. The molecule has 2 aromatic rings. The molecule has 178 valence electrons. The lowest BCUT2D eigenvalue weighted by Gasteiger charge is -2.23. The van der Waals surface area contributed by atoms with E-state index in [1.165, 1.54) is 19.4 Å². The Balaban J connectivity index is 2.02. The Morgan fingerprint density at radius 3 is 2.24 bits per heavy atom. The standard InChI is InChI=1S/C21H28N6O6/c1-12(18(29)27-17(21(32)33)7-13-5-3-2-4-6-13)25-20(31)16(8-14-9-23-11-24-14)26-19(30)15(22)10-28/h2-6,9,11-12,15-17,28H,7-8,10,22H2,1H3,(H,23,24)(H,25,31)(H,26,30)(H,27,29)(H,32,33). The molecule has 1 aromatic heterocycles. The van der Waals surface area contributed by atoms with Crippen LogP contribution in [0.4, 0.5) is 0 Å². The first-order valence-electron chi connectivity index (χ1n) is 10.2. The van der Waals surface area contributed by atoms with Crippen LogP contribution in [-0.4, -0.2) is 74.6 Å². The Hall–Kier alpha value is -3.77. The van der Waals surface area contributed by atoms with Crippen LogP contribution in [0, 0.1) is 0 Å². The van der Waals surface area contributed by atoms with Gasteiger partial charge in [-0.1, -0.05) is 30.3 Å². The number of H-pyrrole nitrogens is 1. The van der Waals surface area contributed by atoms with Crippen LogP contribution in [0.2, 0.25) is 0 Å². The van der Waals surface area contributed by atoms with Gasteiger partial charge in [-0.05, 0) is 12.5 Å². The van der Waals surface area contributed by atoms with Crippen molar-refractivity contribution in [3.63, 3.8) is 0 Å². The lowest BCUT2D eigenvalue weighted by molar-refractivity contribution is -0.142. The summed E-state index contributed by atoms with van der Waals surface area (Å²) in [6.45, 7) is 0.782. The summed E-state index contributed by atoms with van der Waals surface area (Å²) < 4.78 is 0. The van der Waals surface area contributed by atoms with E-state index in [-0.39, 0.29) is 12.8 Å². The number of aliphatic hydroxyl groups is 1. The van der Waals surface area contributed by atoms with E-state index in [4.69, 9.17) is 10.8 Å². The van der Waals surface area contributed by atoms with Crippen molar-refractivity contribution >= 4 is 23.7 Å². The number of carboxylic acids is 1. The number of nitrogens with one attached hydrogen (secondary N) is 4. The number of rotatable bonds is 12. The molecule has 12 nitrogen and oxygen atoms in total. The second-order valence-electron chi connectivity index (χ2n) is 7.45. The molecule has 4 atom stereocenters. The van der Waals surface area contributed by atoms with Crippen molar-refractivity contribution in [2.75, 3.05) is 6.61 Å². The number of carboxylic acid groups (broad SMARTS) is 1. The molecular formula is C21H28N6O6. The molecule has 0 aliphatic heterocycles. The zero-order valence-corrected chi connectivity index (χ0v) is 18.0. The van der Waals surface area contributed by atoms with Crippen molar-refractivity contribution in [1.29, 1.82) is 0 Å². The van der Waals surface area contributed by atoms with E-state index < -0.39 is 54.5 Å². The lowest BCUT2D eigenvalue weighted by Crippen LogP contribution is -2.57. The molecule has 2 rings (SSSR count). The van der Waals surface area contributed by atoms with Crippen LogP contribution in [-0.2, 0) is 32.0 Å². The highest BCUT2D eigenvalue weighted by atomic mass is 16.4. The topological polar surface area (TPSA) is 200 Å². The van der Waals surface area contributed by atoms with E-state index in [0.717, 1.165) is 5.56 Å². The van der Waals surface area contributed by atoms with E-state index in [1.54, 1.807) is 30.3 Å². The molecule has 0 saturated carbocycles. The Morgan fingerprint density at radius 2 is 1.67 bits per heavy atom. The quantitative estimate of drug-likeness (QED) is 0.190. The summed E-state index contributed by atoms with van der Waals surface area (Å²) in [6, 6.07) is 4.17. The Kier molecular flexibility index (Phi) is 9.51. The largest absolute Gasteiger partial charge is 0.480 e. The van der Waals surface area contributed by atoms with Crippen LogP contribution in [0.25, 0.3) is 0 Å². The van der Waals surface area contributed by atoms with Crippen molar-refractivity contribution in [2.24, 2.45) is 5.73 Å². The van der Waals surface area contributed by atoms with Gasteiger partial charge in [0.25, 0.3) is 0 Å². The highest BCUT2D eigenvalue weighted by Crippen LogP contribution is 2.05. The van der Waals surface area contributed by atoms with E-state index in [1.807, 2.05) is 0 Å². The van der Waals surface area contributed by atoms with Gasteiger partial charge in [0, 0.05) is 24.7 Å². The van der Waals surface area contributed by atoms with Gasteiger partial charge in [-0.3, -0.25) is 14.4 Å². The molecule has 0 spiro atoms. The van der Waals surface area contributed by atoms with Crippen molar-refractivity contribution in [3.05, 3.63) is 54.1 Å². The van der Waals surface area contributed by atoms with Crippen molar-refractivity contribution < 1.29 is 29.4 Å². The molecule has 0 fully saturated rings. The van der Waals surface area contributed by atoms with Crippen LogP contribution >= 0.6 is 0 Å². The molecule has 8 N–H and O–H groups in total. The SMILES string of the molecule is CC(NC(=O)C(Cc1cnc[nH]1)NC(=O)C(N)CO)C(=O)NC(Cc1ccccc1)C(=O)O. The fourth-order valence-corrected chi connectivity index (χ4v) is 2.91. The molecule has 33 heavy (non-hydrogen) atoms. The normalized spacial score (nSPS) is 14.4. The van der Waals surface area contributed by atoms with Gasteiger partial charge in [-0.15, -0.1) is 0 Å². The second kappa shape index (κ2) is 12.3. The molecule has 0 radical (unpaired) electrons. The number of aromatic amines is 1. The maximum atomic E-state index is 12.8. The number of carbonyl (C=O) groups is 4. The van der Waals surface area contributed by atoms with Crippen LogP contribution < -0.4 is 21.7 Å². The number of benzene rings is 1. The summed E-state index contributed by atoms with van der Waals surface area (Å²) in [5, 5.41) is 25.8. The Labute approximate surface area is 190 Å². The first-order chi connectivity index (χ1) is 15.7. The maximum Gasteiger partial charge on any atom is 0.326 e. The van der Waals surface area contributed by atoms with Crippen LogP contribution in [0.5, 0.6) is 0 Å². The van der Waals surface area contributed by atoms with E-state index in [9.17, 15) is 24.3 Å². The fraction of sp³-hybridized carbons (Fsp3) is 0.381. The number of imidazole rings is 1. The number of carbonyl (C=O) groups excluding carboxylic acids is 3. The molecule has 1 aromatic carbocycles. The number of hydrogen-bond donors (Lipinski definition) is 7. The van der Waals surface area contributed by atoms with Crippen LogP contribution in [0.3, 0.4) is 0 Å². The molecule has 0 aliphatic rings. The van der Waals surface area contributed by atoms with E-state index >= 15 is 0 Å². The summed E-state index contributed by atoms with van der Waals surface area (Å²) in [6.07, 6.45) is 2.96. The Bertz CT molecular complexity index is 936. The fourth-order valence-electron chi connectivity index (χ4n) is 2.91. The minimum absolute atomic E-state index is 0.0236. The van der Waals surface area contributed by atoms with Gasteiger partial charge in [0.15, 0.2) is 0 Å². The van der Waals surface area contributed by atoms with Crippen LogP contribution in [0.15, 0.2) is 42.9 Å². The van der Waals surface area contributed by atoms with Gasteiger partial charge in [0.2, 0.25) is 17.7 Å².